The molecular formula is C17H18F2N2O. The molecule has 3 nitrogen and oxygen atoms in total. The van der Waals surface area contributed by atoms with Gasteiger partial charge in [0.2, 0.25) is 0 Å². The Balaban J connectivity index is 1.93. The maximum Gasteiger partial charge on any atom is 0.319 e. The van der Waals surface area contributed by atoms with Crippen LogP contribution in [0.25, 0.3) is 0 Å². The van der Waals surface area contributed by atoms with Crippen LogP contribution < -0.4 is 10.6 Å². The van der Waals surface area contributed by atoms with Crippen molar-refractivity contribution in [3.05, 3.63) is 65.2 Å². The molecule has 0 aliphatic heterocycles. The number of halogens is 2. The summed E-state index contributed by atoms with van der Waals surface area (Å²) in [6.45, 7) is 3.95. The molecule has 0 saturated heterocycles. The maximum atomic E-state index is 13.4. The van der Waals surface area contributed by atoms with Crippen molar-refractivity contribution in [3.63, 3.8) is 0 Å². The molecule has 0 fully saturated rings. The smallest absolute Gasteiger partial charge is 0.319 e. The molecule has 0 aliphatic carbocycles. The molecule has 5 heteroatoms. The van der Waals surface area contributed by atoms with Crippen molar-refractivity contribution in [3.8, 4) is 0 Å². The van der Waals surface area contributed by atoms with E-state index in [2.05, 4.69) is 24.5 Å². The van der Waals surface area contributed by atoms with E-state index >= 15 is 0 Å². The zero-order valence-electron chi connectivity index (χ0n) is 12.5. The highest BCUT2D eigenvalue weighted by Gasteiger charge is 2.10. The first-order valence-corrected chi connectivity index (χ1v) is 7.05. The van der Waals surface area contributed by atoms with Gasteiger partial charge in [-0.2, -0.15) is 0 Å². The molecule has 0 atom stereocenters. The van der Waals surface area contributed by atoms with Gasteiger partial charge in [-0.15, -0.1) is 0 Å². The molecule has 0 aliphatic rings. The lowest BCUT2D eigenvalue weighted by molar-refractivity contribution is 0.251. The van der Waals surface area contributed by atoms with Crippen LogP contribution in [0.3, 0.4) is 0 Å². The number of hydrogen-bond donors (Lipinski definition) is 2. The topological polar surface area (TPSA) is 41.1 Å². The molecular weight excluding hydrogens is 286 g/mol. The van der Waals surface area contributed by atoms with E-state index in [1.807, 2.05) is 12.1 Å². The molecule has 2 amide bonds. The Bertz CT molecular complexity index is 634. The molecule has 22 heavy (non-hydrogen) atoms. The molecule has 0 radical (unpaired) electrons. The Labute approximate surface area is 128 Å². The van der Waals surface area contributed by atoms with Gasteiger partial charge in [-0.1, -0.05) is 32.0 Å². The van der Waals surface area contributed by atoms with E-state index < -0.39 is 17.7 Å². The summed E-state index contributed by atoms with van der Waals surface area (Å²) < 4.78 is 26.9. The van der Waals surface area contributed by atoms with E-state index in [1.54, 1.807) is 12.1 Å². The summed E-state index contributed by atoms with van der Waals surface area (Å²) in [5.74, 6) is -0.949. The van der Waals surface area contributed by atoms with Crippen LogP contribution in [-0.4, -0.2) is 6.03 Å². The predicted octanol–water partition coefficient (Wildman–Crippen LogP) is 4.41. The van der Waals surface area contributed by atoms with Crippen LogP contribution in [0.1, 0.15) is 30.9 Å². The monoisotopic (exact) mass is 304 g/mol. The molecule has 2 N–H and O–H groups in total. The quantitative estimate of drug-likeness (QED) is 0.863. The Morgan fingerprint density at radius 2 is 1.64 bits per heavy atom. The Kier molecular flexibility index (Phi) is 5.09. The highest BCUT2D eigenvalue weighted by molar-refractivity contribution is 5.89. The van der Waals surface area contributed by atoms with Gasteiger partial charge in [-0.05, 0) is 35.7 Å². The first kappa shape index (κ1) is 15.9. The zero-order chi connectivity index (χ0) is 16.1. The maximum absolute atomic E-state index is 13.4. The van der Waals surface area contributed by atoms with Gasteiger partial charge in [0, 0.05) is 11.3 Å². The third kappa shape index (κ3) is 4.04. The van der Waals surface area contributed by atoms with Crippen LogP contribution in [0.2, 0.25) is 0 Å². The zero-order valence-corrected chi connectivity index (χ0v) is 12.5. The van der Waals surface area contributed by atoms with E-state index in [0.717, 1.165) is 12.1 Å². The lowest BCUT2D eigenvalue weighted by atomic mass is 10.0. The fraction of sp³-hybridized carbons (Fsp3) is 0.235. The molecule has 0 spiro atoms. The van der Waals surface area contributed by atoms with Crippen LogP contribution >= 0.6 is 0 Å². The molecule has 2 aromatic rings. The number of urea groups is 1. The van der Waals surface area contributed by atoms with Crippen LogP contribution in [0.15, 0.2) is 42.5 Å². The van der Waals surface area contributed by atoms with Gasteiger partial charge in [0.05, 0.1) is 6.54 Å². The lowest BCUT2D eigenvalue weighted by Crippen LogP contribution is -2.28. The van der Waals surface area contributed by atoms with E-state index in [1.165, 1.54) is 11.6 Å². The van der Waals surface area contributed by atoms with Gasteiger partial charge in [0.25, 0.3) is 0 Å². The number of carbonyl (C=O) groups excluding carboxylic acids is 1. The standard InChI is InChI=1S/C17H18F2N2O/c1-11(2)12-6-8-13(9-7-12)21-17(22)20-10-14-15(18)4-3-5-16(14)19/h3-9,11H,10H2,1-2H3,(H2,20,21,22). The second-order valence-electron chi connectivity index (χ2n) is 5.28. The number of amides is 2. The van der Waals surface area contributed by atoms with Gasteiger partial charge in [-0.3, -0.25) is 0 Å². The summed E-state index contributed by atoms with van der Waals surface area (Å²) in [7, 11) is 0. The fourth-order valence-electron chi connectivity index (χ4n) is 2.00. The number of hydrogen-bond acceptors (Lipinski definition) is 1. The van der Waals surface area contributed by atoms with E-state index in [-0.39, 0.29) is 12.1 Å². The van der Waals surface area contributed by atoms with Gasteiger partial charge in [-0.25, -0.2) is 13.6 Å². The highest BCUT2D eigenvalue weighted by atomic mass is 19.1. The third-order valence-corrected chi connectivity index (χ3v) is 3.32. The molecule has 116 valence electrons. The first-order chi connectivity index (χ1) is 10.5. The summed E-state index contributed by atoms with van der Waals surface area (Å²) in [6.07, 6.45) is 0. The highest BCUT2D eigenvalue weighted by Crippen LogP contribution is 2.17. The second-order valence-corrected chi connectivity index (χ2v) is 5.28. The normalized spacial score (nSPS) is 10.6. The SMILES string of the molecule is CC(C)c1ccc(NC(=O)NCc2c(F)cccc2F)cc1. The molecule has 0 saturated carbocycles. The number of anilines is 1. The number of benzene rings is 2. The molecule has 0 unspecified atom stereocenters. The van der Waals surface area contributed by atoms with Crippen molar-refractivity contribution in [1.29, 1.82) is 0 Å². The van der Waals surface area contributed by atoms with Crippen LogP contribution in [0, 0.1) is 11.6 Å². The van der Waals surface area contributed by atoms with Crippen molar-refractivity contribution in [2.75, 3.05) is 5.32 Å². The van der Waals surface area contributed by atoms with E-state index in [4.69, 9.17) is 0 Å². The van der Waals surface area contributed by atoms with Crippen molar-refractivity contribution in [2.24, 2.45) is 0 Å². The molecule has 2 aromatic carbocycles. The summed E-state index contributed by atoms with van der Waals surface area (Å²) in [5.41, 5.74) is 1.63. The molecule has 2 rings (SSSR count). The molecule has 0 heterocycles. The van der Waals surface area contributed by atoms with Gasteiger partial charge >= 0.3 is 6.03 Å². The van der Waals surface area contributed by atoms with E-state index in [9.17, 15) is 13.6 Å². The van der Waals surface area contributed by atoms with Crippen molar-refractivity contribution in [2.45, 2.75) is 26.3 Å². The minimum atomic E-state index is -0.679. The number of rotatable bonds is 4. The van der Waals surface area contributed by atoms with Crippen LogP contribution in [0.4, 0.5) is 19.3 Å². The molecule has 0 aromatic heterocycles. The number of nitrogens with one attached hydrogen (secondary N) is 2. The van der Waals surface area contributed by atoms with Crippen molar-refractivity contribution >= 4 is 11.7 Å². The van der Waals surface area contributed by atoms with Crippen molar-refractivity contribution < 1.29 is 13.6 Å². The van der Waals surface area contributed by atoms with Gasteiger partial charge < -0.3 is 10.6 Å². The Morgan fingerprint density at radius 3 is 2.18 bits per heavy atom. The second kappa shape index (κ2) is 7.02. The summed E-state index contributed by atoms with van der Waals surface area (Å²) in [5, 5.41) is 5.06. The average molecular weight is 304 g/mol. The summed E-state index contributed by atoms with van der Waals surface area (Å²) >= 11 is 0. The van der Waals surface area contributed by atoms with Gasteiger partial charge in [0.15, 0.2) is 0 Å². The Hall–Kier alpha value is -2.43. The fourth-order valence-corrected chi connectivity index (χ4v) is 2.00. The minimum Gasteiger partial charge on any atom is -0.334 e. The lowest BCUT2D eigenvalue weighted by Gasteiger charge is -2.10. The minimum absolute atomic E-state index is 0.159. The van der Waals surface area contributed by atoms with Gasteiger partial charge in [0.1, 0.15) is 11.6 Å². The van der Waals surface area contributed by atoms with E-state index in [0.29, 0.717) is 11.6 Å². The van der Waals surface area contributed by atoms with Crippen molar-refractivity contribution in [1.82, 2.24) is 5.32 Å². The molecule has 0 bridgehead atoms. The number of carbonyl (C=O) groups is 1. The van der Waals surface area contributed by atoms with Crippen LogP contribution in [0.5, 0.6) is 0 Å². The largest absolute Gasteiger partial charge is 0.334 e. The predicted molar refractivity (Wildman–Crippen MR) is 82.7 cm³/mol. The summed E-state index contributed by atoms with van der Waals surface area (Å²) in [6, 6.07) is 10.5. The van der Waals surface area contributed by atoms with Crippen LogP contribution in [-0.2, 0) is 6.54 Å². The Morgan fingerprint density at radius 1 is 1.05 bits per heavy atom. The first-order valence-electron chi connectivity index (χ1n) is 7.05. The summed E-state index contributed by atoms with van der Waals surface area (Å²) in [4.78, 5) is 11.8. The third-order valence-electron chi connectivity index (χ3n) is 3.32. The average Bonchev–Trinajstić information content (AvgIpc) is 2.47.